The molecular weight excluding hydrogens is 316 g/mol. The van der Waals surface area contributed by atoms with Gasteiger partial charge in [-0.1, -0.05) is 22.0 Å². The topological polar surface area (TPSA) is 33.2 Å². The molecule has 2 aromatic rings. The minimum absolute atomic E-state index is 0.0702. The van der Waals surface area contributed by atoms with Crippen LogP contribution in [0.5, 0.6) is 0 Å². The summed E-state index contributed by atoms with van der Waals surface area (Å²) < 4.78 is 0.917. The van der Waals surface area contributed by atoms with Crippen LogP contribution in [-0.2, 0) is 6.54 Å². The predicted octanol–water partition coefficient (Wildman–Crippen LogP) is 4.07. The monoisotopic (exact) mass is 332 g/mol. The summed E-state index contributed by atoms with van der Waals surface area (Å²) in [5, 5.41) is 0. The number of nitrogens with zero attached hydrogens (tertiary/aromatic N) is 2. The average Bonchev–Trinajstić information content (AvgIpc) is 2.46. The Kier molecular flexibility index (Phi) is 4.90. The van der Waals surface area contributed by atoms with Crippen LogP contribution in [0.15, 0.2) is 47.1 Å². The lowest BCUT2D eigenvalue weighted by Crippen LogP contribution is -2.24. The van der Waals surface area contributed by atoms with E-state index in [1.54, 1.807) is 13.1 Å². The Bertz CT molecular complexity index is 599. The molecule has 2 rings (SSSR count). The van der Waals surface area contributed by atoms with Gasteiger partial charge in [-0.2, -0.15) is 0 Å². The molecule has 0 bridgehead atoms. The molecule has 104 valence electrons. The van der Waals surface area contributed by atoms with Crippen molar-refractivity contribution in [2.45, 2.75) is 20.4 Å². The lowest BCUT2D eigenvalue weighted by atomic mass is 10.1. The Morgan fingerprint density at radius 3 is 2.70 bits per heavy atom. The van der Waals surface area contributed by atoms with Crippen LogP contribution >= 0.6 is 15.9 Å². The van der Waals surface area contributed by atoms with E-state index in [0.717, 1.165) is 28.0 Å². The molecule has 1 heterocycles. The van der Waals surface area contributed by atoms with Gasteiger partial charge in [0.1, 0.15) is 0 Å². The molecule has 0 radical (unpaired) electrons. The van der Waals surface area contributed by atoms with Gasteiger partial charge in [0.15, 0.2) is 5.78 Å². The third-order valence-electron chi connectivity index (χ3n) is 3.14. The van der Waals surface area contributed by atoms with Crippen LogP contribution in [0.25, 0.3) is 0 Å². The second-order valence-corrected chi connectivity index (χ2v) is 5.47. The lowest BCUT2D eigenvalue weighted by Gasteiger charge is -2.25. The molecule has 0 aliphatic heterocycles. The molecule has 0 saturated carbocycles. The quantitative estimate of drug-likeness (QED) is 0.773. The van der Waals surface area contributed by atoms with Gasteiger partial charge in [0.25, 0.3) is 0 Å². The Morgan fingerprint density at radius 2 is 2.10 bits per heavy atom. The molecule has 1 aromatic heterocycles. The van der Waals surface area contributed by atoms with E-state index in [4.69, 9.17) is 0 Å². The van der Waals surface area contributed by atoms with Gasteiger partial charge in [0.05, 0.1) is 12.2 Å². The van der Waals surface area contributed by atoms with Crippen LogP contribution in [0.1, 0.15) is 29.9 Å². The van der Waals surface area contributed by atoms with Crippen LogP contribution in [0.2, 0.25) is 0 Å². The minimum Gasteiger partial charge on any atom is -0.365 e. The first kappa shape index (κ1) is 14.7. The molecule has 0 saturated heterocycles. The number of pyridine rings is 1. The molecule has 0 N–H and O–H groups in total. The van der Waals surface area contributed by atoms with E-state index in [1.165, 1.54) is 0 Å². The first-order valence-corrected chi connectivity index (χ1v) is 7.36. The number of carbonyl (C=O) groups is 1. The number of benzene rings is 1. The molecule has 20 heavy (non-hydrogen) atoms. The number of halogens is 1. The van der Waals surface area contributed by atoms with Crippen molar-refractivity contribution < 1.29 is 4.79 Å². The Morgan fingerprint density at radius 1 is 1.30 bits per heavy atom. The SMILES string of the molecule is CCN(Cc1ccccn1)c1ccc(Br)cc1C(C)=O. The number of carbonyl (C=O) groups excluding carboxylic acids is 1. The Hall–Kier alpha value is -1.68. The maximum atomic E-state index is 11.8. The van der Waals surface area contributed by atoms with E-state index in [0.29, 0.717) is 6.54 Å². The van der Waals surface area contributed by atoms with E-state index in [-0.39, 0.29) is 5.78 Å². The van der Waals surface area contributed by atoms with Crippen LogP contribution in [0.4, 0.5) is 5.69 Å². The van der Waals surface area contributed by atoms with Crippen molar-refractivity contribution in [3.63, 3.8) is 0 Å². The van der Waals surface area contributed by atoms with Gasteiger partial charge in [0.2, 0.25) is 0 Å². The summed E-state index contributed by atoms with van der Waals surface area (Å²) in [7, 11) is 0. The summed E-state index contributed by atoms with van der Waals surface area (Å²) >= 11 is 3.42. The summed E-state index contributed by atoms with van der Waals surface area (Å²) in [5.74, 6) is 0.0702. The zero-order valence-electron chi connectivity index (χ0n) is 11.6. The van der Waals surface area contributed by atoms with Gasteiger partial charge >= 0.3 is 0 Å². The van der Waals surface area contributed by atoms with Crippen LogP contribution in [0.3, 0.4) is 0 Å². The zero-order valence-corrected chi connectivity index (χ0v) is 13.2. The molecule has 1 aromatic carbocycles. The van der Waals surface area contributed by atoms with Crippen molar-refractivity contribution in [1.29, 1.82) is 0 Å². The van der Waals surface area contributed by atoms with E-state index in [2.05, 4.69) is 32.7 Å². The van der Waals surface area contributed by atoms with Crippen molar-refractivity contribution in [2.75, 3.05) is 11.4 Å². The van der Waals surface area contributed by atoms with E-state index in [1.807, 2.05) is 36.4 Å². The fourth-order valence-corrected chi connectivity index (χ4v) is 2.48. The molecule has 4 heteroatoms. The number of rotatable bonds is 5. The standard InChI is InChI=1S/C16H17BrN2O/c1-3-19(11-14-6-4-5-9-18-14)16-8-7-13(17)10-15(16)12(2)20/h4-10H,3,11H2,1-2H3. The van der Waals surface area contributed by atoms with E-state index in [9.17, 15) is 4.79 Å². The first-order valence-electron chi connectivity index (χ1n) is 6.57. The third kappa shape index (κ3) is 3.45. The molecule has 0 unspecified atom stereocenters. The van der Waals surface area contributed by atoms with Crippen molar-refractivity contribution in [3.05, 3.63) is 58.3 Å². The average molecular weight is 333 g/mol. The van der Waals surface area contributed by atoms with Crippen LogP contribution in [0, 0.1) is 0 Å². The van der Waals surface area contributed by atoms with Crippen molar-refractivity contribution in [2.24, 2.45) is 0 Å². The molecule has 0 amide bonds. The second-order valence-electron chi connectivity index (χ2n) is 4.55. The third-order valence-corrected chi connectivity index (χ3v) is 3.63. The maximum absolute atomic E-state index is 11.8. The van der Waals surface area contributed by atoms with Crippen molar-refractivity contribution >= 4 is 27.4 Å². The molecule has 3 nitrogen and oxygen atoms in total. The van der Waals surface area contributed by atoms with Gasteiger partial charge in [-0.15, -0.1) is 0 Å². The van der Waals surface area contributed by atoms with Crippen LogP contribution in [-0.4, -0.2) is 17.3 Å². The van der Waals surface area contributed by atoms with Gasteiger partial charge < -0.3 is 4.90 Å². The number of aromatic nitrogens is 1. The summed E-state index contributed by atoms with van der Waals surface area (Å²) in [6.07, 6.45) is 1.79. The van der Waals surface area contributed by atoms with Crippen molar-refractivity contribution in [3.8, 4) is 0 Å². The molecule has 0 aliphatic carbocycles. The van der Waals surface area contributed by atoms with E-state index < -0.39 is 0 Å². The number of ketones is 1. The number of hydrogen-bond acceptors (Lipinski definition) is 3. The number of hydrogen-bond donors (Lipinski definition) is 0. The van der Waals surface area contributed by atoms with Gasteiger partial charge in [0, 0.05) is 28.5 Å². The molecular formula is C16H17BrN2O. The highest BCUT2D eigenvalue weighted by Crippen LogP contribution is 2.26. The molecule has 0 atom stereocenters. The molecule has 0 spiro atoms. The maximum Gasteiger partial charge on any atom is 0.161 e. The summed E-state index contributed by atoms with van der Waals surface area (Å²) in [6.45, 7) is 5.19. The Labute approximate surface area is 127 Å². The highest BCUT2D eigenvalue weighted by molar-refractivity contribution is 9.10. The molecule has 0 aliphatic rings. The van der Waals surface area contributed by atoms with E-state index >= 15 is 0 Å². The summed E-state index contributed by atoms with van der Waals surface area (Å²) in [5.41, 5.74) is 2.68. The minimum atomic E-state index is 0.0702. The smallest absolute Gasteiger partial charge is 0.161 e. The summed E-state index contributed by atoms with van der Waals surface area (Å²) in [4.78, 5) is 18.3. The highest BCUT2D eigenvalue weighted by Gasteiger charge is 2.14. The number of anilines is 1. The predicted molar refractivity (Wildman–Crippen MR) is 85.1 cm³/mol. The lowest BCUT2D eigenvalue weighted by molar-refractivity contribution is 0.101. The molecule has 0 fully saturated rings. The zero-order chi connectivity index (χ0) is 14.5. The normalized spacial score (nSPS) is 10.3. The summed E-state index contributed by atoms with van der Waals surface area (Å²) in [6, 6.07) is 11.7. The highest BCUT2D eigenvalue weighted by atomic mass is 79.9. The second kappa shape index (κ2) is 6.66. The first-order chi connectivity index (χ1) is 9.61. The fourth-order valence-electron chi connectivity index (χ4n) is 2.12. The number of Topliss-reactive ketones (excluding diaryl/α,β-unsaturated/α-hetero) is 1. The van der Waals surface area contributed by atoms with Crippen molar-refractivity contribution in [1.82, 2.24) is 4.98 Å². The fraction of sp³-hybridized carbons (Fsp3) is 0.250. The Balaban J connectivity index is 2.34. The van der Waals surface area contributed by atoms with Crippen LogP contribution < -0.4 is 4.90 Å². The van der Waals surface area contributed by atoms with Gasteiger partial charge in [-0.3, -0.25) is 9.78 Å². The largest absolute Gasteiger partial charge is 0.365 e. The van der Waals surface area contributed by atoms with Gasteiger partial charge in [-0.25, -0.2) is 0 Å². The van der Waals surface area contributed by atoms with Gasteiger partial charge in [-0.05, 0) is 44.2 Å².